The number of nitrogens with zero attached hydrogens (tertiary/aromatic N) is 2. The smallest absolute Gasteiger partial charge is 0.132 e. The molecule has 1 fully saturated rings. The molecule has 0 radical (unpaired) electrons. The Bertz CT molecular complexity index is 475. The van der Waals surface area contributed by atoms with E-state index in [9.17, 15) is 0 Å². The second-order valence-electron chi connectivity index (χ2n) is 7.51. The molecular weight excluding hydrogens is 258 g/mol. The van der Waals surface area contributed by atoms with Crippen LogP contribution >= 0.6 is 0 Å². The summed E-state index contributed by atoms with van der Waals surface area (Å²) in [5.74, 6) is 1.90. The molecule has 3 rings (SSSR count). The lowest BCUT2D eigenvalue weighted by Gasteiger charge is -2.32. The molecule has 0 amide bonds. The Hall–Kier alpha value is -1.12. The highest BCUT2D eigenvalue weighted by atomic mass is 15.0. The van der Waals surface area contributed by atoms with Crippen molar-refractivity contribution in [2.24, 2.45) is 11.3 Å². The highest BCUT2D eigenvalue weighted by Crippen LogP contribution is 2.43. The molecule has 2 aliphatic rings. The average Bonchev–Trinajstić information content (AvgIpc) is 2.93. The molecule has 0 atom stereocenters. The van der Waals surface area contributed by atoms with Crippen molar-refractivity contribution >= 4 is 5.82 Å². The third-order valence-electron chi connectivity index (χ3n) is 5.26. The van der Waals surface area contributed by atoms with Crippen LogP contribution in [0.1, 0.15) is 70.1 Å². The predicted molar refractivity (Wildman–Crippen MR) is 87.5 cm³/mol. The van der Waals surface area contributed by atoms with E-state index in [2.05, 4.69) is 29.1 Å². The number of nitrogens with one attached hydrogen (secondary N) is 1. The summed E-state index contributed by atoms with van der Waals surface area (Å²) in [6.45, 7) is 5.80. The highest BCUT2D eigenvalue weighted by Gasteiger charge is 2.34. The van der Waals surface area contributed by atoms with E-state index in [4.69, 9.17) is 0 Å². The molecule has 1 saturated carbocycles. The summed E-state index contributed by atoms with van der Waals surface area (Å²) in [6, 6.07) is 0. The van der Waals surface area contributed by atoms with Gasteiger partial charge in [0.05, 0.1) is 0 Å². The summed E-state index contributed by atoms with van der Waals surface area (Å²) in [6.07, 6.45) is 13.5. The van der Waals surface area contributed by atoms with Crippen molar-refractivity contribution in [2.45, 2.75) is 71.6 Å². The maximum absolute atomic E-state index is 4.54. The van der Waals surface area contributed by atoms with Crippen molar-refractivity contribution in [2.75, 3.05) is 11.9 Å². The molecule has 0 saturated heterocycles. The van der Waals surface area contributed by atoms with Gasteiger partial charge in [0.2, 0.25) is 0 Å². The third kappa shape index (κ3) is 3.38. The van der Waals surface area contributed by atoms with Crippen LogP contribution < -0.4 is 5.32 Å². The molecular formula is C18H29N3. The molecule has 0 unspecified atom stereocenters. The quantitative estimate of drug-likeness (QED) is 0.873. The lowest BCUT2D eigenvalue weighted by atomic mass is 9.78. The SMILES string of the molecule is CC(C)CC1(CNc2ncnc3c2CCCC3)CCCC1. The van der Waals surface area contributed by atoms with Crippen LogP contribution in [-0.2, 0) is 12.8 Å². The van der Waals surface area contributed by atoms with Crippen LogP contribution in [0.25, 0.3) is 0 Å². The van der Waals surface area contributed by atoms with E-state index in [0.717, 1.165) is 31.1 Å². The van der Waals surface area contributed by atoms with E-state index in [-0.39, 0.29) is 0 Å². The van der Waals surface area contributed by atoms with Crippen LogP contribution in [0.5, 0.6) is 0 Å². The summed E-state index contributed by atoms with van der Waals surface area (Å²) < 4.78 is 0. The molecule has 0 aliphatic heterocycles. The lowest BCUT2D eigenvalue weighted by molar-refractivity contribution is 0.252. The van der Waals surface area contributed by atoms with Gasteiger partial charge < -0.3 is 5.32 Å². The molecule has 116 valence electrons. The monoisotopic (exact) mass is 287 g/mol. The summed E-state index contributed by atoms with van der Waals surface area (Å²) in [5.41, 5.74) is 3.17. The molecule has 1 N–H and O–H groups in total. The number of hydrogen-bond acceptors (Lipinski definition) is 3. The first kappa shape index (κ1) is 14.8. The number of fused-ring (bicyclic) bond motifs is 1. The minimum Gasteiger partial charge on any atom is -0.369 e. The molecule has 1 aromatic rings. The first-order valence-electron chi connectivity index (χ1n) is 8.75. The van der Waals surface area contributed by atoms with Crippen molar-refractivity contribution in [3.8, 4) is 0 Å². The fraction of sp³-hybridized carbons (Fsp3) is 0.778. The Kier molecular flexibility index (Phi) is 4.46. The highest BCUT2D eigenvalue weighted by molar-refractivity contribution is 5.47. The minimum absolute atomic E-state index is 0.501. The number of anilines is 1. The molecule has 1 heterocycles. The molecule has 0 aromatic carbocycles. The zero-order valence-corrected chi connectivity index (χ0v) is 13.6. The van der Waals surface area contributed by atoms with Crippen molar-refractivity contribution in [3.63, 3.8) is 0 Å². The van der Waals surface area contributed by atoms with Gasteiger partial charge in [-0.25, -0.2) is 9.97 Å². The molecule has 21 heavy (non-hydrogen) atoms. The number of aromatic nitrogens is 2. The van der Waals surface area contributed by atoms with Gasteiger partial charge in [0, 0.05) is 17.8 Å². The standard InChI is InChI=1S/C18H29N3/c1-14(2)11-18(9-5-6-10-18)12-19-17-15-7-3-4-8-16(15)20-13-21-17/h13-14H,3-12H2,1-2H3,(H,19,20,21). The second kappa shape index (κ2) is 6.33. The zero-order chi connectivity index (χ0) is 14.7. The van der Waals surface area contributed by atoms with E-state index in [1.165, 1.54) is 56.2 Å². The maximum atomic E-state index is 4.54. The van der Waals surface area contributed by atoms with E-state index >= 15 is 0 Å². The van der Waals surface area contributed by atoms with Crippen molar-refractivity contribution in [1.29, 1.82) is 0 Å². The summed E-state index contributed by atoms with van der Waals surface area (Å²) in [7, 11) is 0. The van der Waals surface area contributed by atoms with Gasteiger partial charge in [-0.3, -0.25) is 0 Å². The number of hydrogen-bond donors (Lipinski definition) is 1. The Morgan fingerprint density at radius 2 is 1.86 bits per heavy atom. The van der Waals surface area contributed by atoms with Gasteiger partial charge >= 0.3 is 0 Å². The molecule has 3 heteroatoms. The zero-order valence-electron chi connectivity index (χ0n) is 13.6. The van der Waals surface area contributed by atoms with Gasteiger partial charge in [0.25, 0.3) is 0 Å². The van der Waals surface area contributed by atoms with Crippen LogP contribution in [0.4, 0.5) is 5.82 Å². The topological polar surface area (TPSA) is 37.8 Å². The predicted octanol–water partition coefficient (Wildman–Crippen LogP) is 4.37. The maximum Gasteiger partial charge on any atom is 0.132 e. The Morgan fingerprint density at radius 1 is 1.10 bits per heavy atom. The van der Waals surface area contributed by atoms with Crippen molar-refractivity contribution in [3.05, 3.63) is 17.6 Å². The van der Waals surface area contributed by atoms with Crippen LogP contribution in [-0.4, -0.2) is 16.5 Å². The van der Waals surface area contributed by atoms with E-state index in [1.54, 1.807) is 6.33 Å². The Morgan fingerprint density at radius 3 is 2.62 bits per heavy atom. The number of rotatable bonds is 5. The molecule has 2 aliphatic carbocycles. The minimum atomic E-state index is 0.501. The summed E-state index contributed by atoms with van der Waals surface area (Å²) in [4.78, 5) is 9.02. The van der Waals surface area contributed by atoms with E-state index in [0.29, 0.717) is 5.41 Å². The van der Waals surface area contributed by atoms with Crippen LogP contribution in [0.3, 0.4) is 0 Å². The van der Waals surface area contributed by atoms with Gasteiger partial charge in [-0.2, -0.15) is 0 Å². The average molecular weight is 287 g/mol. The fourth-order valence-electron chi connectivity index (χ4n) is 4.39. The first-order chi connectivity index (χ1) is 10.2. The van der Waals surface area contributed by atoms with E-state index < -0.39 is 0 Å². The summed E-state index contributed by atoms with van der Waals surface area (Å²) in [5, 5.41) is 3.71. The molecule has 0 bridgehead atoms. The summed E-state index contributed by atoms with van der Waals surface area (Å²) >= 11 is 0. The lowest BCUT2D eigenvalue weighted by Crippen LogP contribution is -2.29. The van der Waals surface area contributed by atoms with Gasteiger partial charge in [-0.15, -0.1) is 0 Å². The van der Waals surface area contributed by atoms with Gasteiger partial charge in [-0.1, -0.05) is 26.7 Å². The van der Waals surface area contributed by atoms with Crippen molar-refractivity contribution < 1.29 is 0 Å². The third-order valence-corrected chi connectivity index (χ3v) is 5.26. The number of aryl methyl sites for hydroxylation is 1. The normalized spacial score (nSPS) is 20.5. The largest absolute Gasteiger partial charge is 0.369 e. The first-order valence-corrected chi connectivity index (χ1v) is 8.75. The molecule has 1 aromatic heterocycles. The Labute approximate surface area is 129 Å². The second-order valence-corrected chi connectivity index (χ2v) is 7.51. The Balaban J connectivity index is 1.71. The van der Waals surface area contributed by atoms with Crippen LogP contribution in [0, 0.1) is 11.3 Å². The van der Waals surface area contributed by atoms with Gasteiger partial charge in [0.15, 0.2) is 0 Å². The fourth-order valence-corrected chi connectivity index (χ4v) is 4.39. The van der Waals surface area contributed by atoms with Gasteiger partial charge in [-0.05, 0) is 56.3 Å². The van der Waals surface area contributed by atoms with Crippen LogP contribution in [0.15, 0.2) is 6.33 Å². The van der Waals surface area contributed by atoms with E-state index in [1.807, 2.05) is 0 Å². The van der Waals surface area contributed by atoms with Gasteiger partial charge in [0.1, 0.15) is 12.1 Å². The van der Waals surface area contributed by atoms with Crippen LogP contribution in [0.2, 0.25) is 0 Å². The van der Waals surface area contributed by atoms with Crippen molar-refractivity contribution in [1.82, 2.24) is 9.97 Å². The molecule has 3 nitrogen and oxygen atoms in total. The molecule has 0 spiro atoms.